The van der Waals surface area contributed by atoms with Gasteiger partial charge in [-0.15, -0.1) is 0 Å². The first-order valence-corrected chi connectivity index (χ1v) is 18.5. The van der Waals surface area contributed by atoms with Crippen molar-refractivity contribution < 1.29 is 47.3 Å². The number of pyridine rings is 2. The summed E-state index contributed by atoms with van der Waals surface area (Å²) in [5.41, 5.74) is -1.98. The van der Waals surface area contributed by atoms with E-state index in [-0.39, 0.29) is 41.5 Å². The van der Waals surface area contributed by atoms with Gasteiger partial charge in [0.05, 0.1) is 12.2 Å². The highest BCUT2D eigenvalue weighted by Crippen LogP contribution is 2.43. The van der Waals surface area contributed by atoms with E-state index in [1.54, 1.807) is 74.1 Å². The van der Waals surface area contributed by atoms with E-state index in [0.29, 0.717) is 41.7 Å². The minimum absolute atomic E-state index is 0.0318. The molecule has 56 heavy (non-hydrogen) atoms. The highest BCUT2D eigenvalue weighted by molar-refractivity contribution is 6.05. The molecule has 0 bridgehead atoms. The molecule has 1 atom stereocenters. The van der Waals surface area contributed by atoms with Gasteiger partial charge in [0.1, 0.15) is 41.0 Å². The van der Waals surface area contributed by atoms with Crippen LogP contribution in [0.1, 0.15) is 88.1 Å². The number of nitrogens with zero attached hydrogens (tertiary/aromatic N) is 4. The smallest absolute Gasteiger partial charge is 0.415 e. The van der Waals surface area contributed by atoms with Crippen LogP contribution in [0.25, 0.3) is 21.9 Å². The van der Waals surface area contributed by atoms with Crippen molar-refractivity contribution >= 4 is 52.3 Å². The maximum absolute atomic E-state index is 16.8. The van der Waals surface area contributed by atoms with E-state index >= 15 is 4.39 Å². The number of carbonyl (C=O) groups excluding carboxylic acids is 4. The molecule has 1 fully saturated rings. The van der Waals surface area contributed by atoms with Crippen LogP contribution < -0.4 is 20.3 Å². The molecule has 4 amide bonds. The monoisotopic (exact) mass is 780 g/mol. The maximum atomic E-state index is 16.8. The third-order valence-corrected chi connectivity index (χ3v) is 8.85. The SMILES string of the molecule is Cc1c(-c2cc3cc(NC(=O)OC4CCN(C(=O)OC(C)(C)C)CC4(C)C)ncc3c(NC(=O)OC(C)(C)C)c2F)cnc2c1N(C(=O)OC(C)(C)C)CCO2. The fourth-order valence-electron chi connectivity index (χ4n) is 6.47. The zero-order valence-corrected chi connectivity index (χ0v) is 34.3. The number of nitrogens with one attached hydrogen (secondary N) is 2. The Morgan fingerprint density at radius 3 is 2.11 bits per heavy atom. The van der Waals surface area contributed by atoms with Gasteiger partial charge in [0.2, 0.25) is 5.88 Å². The number of anilines is 3. The van der Waals surface area contributed by atoms with E-state index in [9.17, 15) is 19.2 Å². The van der Waals surface area contributed by atoms with E-state index in [2.05, 4.69) is 20.6 Å². The Balaban J connectivity index is 1.48. The Hall–Kier alpha value is -5.41. The molecule has 4 heterocycles. The number of likely N-dealkylation sites (tertiary alicyclic amines) is 1. The Morgan fingerprint density at radius 2 is 1.48 bits per heavy atom. The van der Waals surface area contributed by atoms with Crippen LogP contribution in [0.4, 0.5) is 40.8 Å². The number of halogens is 1. The zero-order valence-electron chi connectivity index (χ0n) is 34.3. The topological polar surface area (TPSA) is 171 Å². The standard InChI is InChI=1S/C40H53FN6O9/c1-22-25(19-43-32-31(22)47(15-16-52-32)36(51)56-39(8,9)10)24-17-23-18-28(42-20-26(23)30(29(24)41)45-34(49)54-37(2,3)4)44-33(48)53-27-13-14-46(21-40(27,11)12)35(50)55-38(5,6)7/h17-20,27H,13-16,21H2,1-12H3,(H,45,49)(H,42,44,48). The van der Waals surface area contributed by atoms with Crippen LogP contribution in [-0.4, -0.2) is 88.4 Å². The number of carbonyl (C=O) groups is 4. The normalized spacial score (nSPS) is 17.0. The van der Waals surface area contributed by atoms with Crippen molar-refractivity contribution in [2.75, 3.05) is 41.8 Å². The fourth-order valence-corrected chi connectivity index (χ4v) is 6.47. The predicted molar refractivity (Wildman–Crippen MR) is 209 cm³/mol. The van der Waals surface area contributed by atoms with E-state index in [0.717, 1.165) is 0 Å². The van der Waals surface area contributed by atoms with Crippen LogP contribution in [0.3, 0.4) is 0 Å². The van der Waals surface area contributed by atoms with Crippen molar-refractivity contribution in [3.8, 4) is 17.0 Å². The molecule has 2 N–H and O–H groups in total. The Morgan fingerprint density at radius 1 is 0.839 bits per heavy atom. The number of ether oxygens (including phenoxy) is 5. The summed E-state index contributed by atoms with van der Waals surface area (Å²) in [5, 5.41) is 5.82. The number of rotatable bonds is 4. The van der Waals surface area contributed by atoms with Gasteiger partial charge >= 0.3 is 24.4 Å². The van der Waals surface area contributed by atoms with Crippen LogP contribution in [0.2, 0.25) is 0 Å². The maximum Gasteiger partial charge on any atom is 0.415 e. The molecule has 0 radical (unpaired) electrons. The van der Waals surface area contributed by atoms with Crippen LogP contribution in [0, 0.1) is 18.2 Å². The van der Waals surface area contributed by atoms with Gasteiger partial charge in [0.25, 0.3) is 0 Å². The summed E-state index contributed by atoms with van der Waals surface area (Å²) >= 11 is 0. The minimum atomic E-state index is -0.897. The molecule has 15 nitrogen and oxygen atoms in total. The summed E-state index contributed by atoms with van der Waals surface area (Å²) in [7, 11) is 0. The average molecular weight is 781 g/mol. The number of hydrogen-bond donors (Lipinski definition) is 2. The van der Waals surface area contributed by atoms with Crippen molar-refractivity contribution in [1.29, 1.82) is 0 Å². The molecule has 1 unspecified atom stereocenters. The molecule has 2 aliphatic rings. The third kappa shape index (κ3) is 9.87. The molecule has 0 saturated carbocycles. The second-order valence-corrected chi connectivity index (χ2v) is 17.7. The molecule has 304 valence electrons. The fraction of sp³-hybridized carbons (Fsp3) is 0.550. The van der Waals surface area contributed by atoms with Gasteiger partial charge in [-0.1, -0.05) is 13.8 Å². The number of benzene rings is 1. The van der Waals surface area contributed by atoms with Crippen molar-refractivity contribution in [3.63, 3.8) is 0 Å². The lowest BCUT2D eigenvalue weighted by atomic mass is 9.81. The Bertz CT molecular complexity index is 2030. The summed E-state index contributed by atoms with van der Waals surface area (Å²) in [4.78, 5) is 64.1. The van der Waals surface area contributed by atoms with Crippen molar-refractivity contribution in [2.24, 2.45) is 5.41 Å². The number of fused-ring (bicyclic) bond motifs is 2. The minimum Gasteiger partial charge on any atom is -0.474 e. The summed E-state index contributed by atoms with van der Waals surface area (Å²) in [6, 6.07) is 3.06. The molecular formula is C40H53FN6O9. The van der Waals surface area contributed by atoms with Crippen LogP contribution in [-0.2, 0) is 18.9 Å². The van der Waals surface area contributed by atoms with E-state index in [1.165, 1.54) is 29.4 Å². The average Bonchev–Trinajstić information content (AvgIpc) is 3.04. The van der Waals surface area contributed by atoms with Gasteiger partial charge in [-0.25, -0.2) is 33.5 Å². The number of piperidine rings is 1. The van der Waals surface area contributed by atoms with Gasteiger partial charge in [0.15, 0.2) is 5.82 Å². The highest BCUT2D eigenvalue weighted by atomic mass is 19.1. The molecule has 1 saturated heterocycles. The Labute approximate surface area is 326 Å². The van der Waals surface area contributed by atoms with Crippen LogP contribution in [0.5, 0.6) is 5.88 Å². The van der Waals surface area contributed by atoms with E-state index in [1.807, 2.05) is 13.8 Å². The van der Waals surface area contributed by atoms with Gasteiger partial charge in [-0.05, 0) is 92.3 Å². The number of amides is 4. The van der Waals surface area contributed by atoms with Gasteiger partial charge in [-0.3, -0.25) is 15.5 Å². The van der Waals surface area contributed by atoms with Gasteiger partial charge in [-0.2, -0.15) is 0 Å². The van der Waals surface area contributed by atoms with Crippen molar-refractivity contribution in [1.82, 2.24) is 14.9 Å². The lowest BCUT2D eigenvalue weighted by Gasteiger charge is -2.43. The van der Waals surface area contributed by atoms with Crippen molar-refractivity contribution in [3.05, 3.63) is 35.9 Å². The molecule has 2 aromatic heterocycles. The van der Waals surface area contributed by atoms with Crippen LogP contribution in [0.15, 0.2) is 24.5 Å². The summed E-state index contributed by atoms with van der Waals surface area (Å²) in [5.74, 6) is -0.530. The Kier molecular flexibility index (Phi) is 11.4. The van der Waals surface area contributed by atoms with Gasteiger partial charge in [0, 0.05) is 53.8 Å². The first-order chi connectivity index (χ1) is 25.8. The number of hydrogen-bond acceptors (Lipinski definition) is 11. The largest absolute Gasteiger partial charge is 0.474 e. The molecule has 5 rings (SSSR count). The lowest BCUT2D eigenvalue weighted by Crippen LogP contribution is -2.53. The highest BCUT2D eigenvalue weighted by Gasteiger charge is 2.41. The third-order valence-electron chi connectivity index (χ3n) is 8.85. The first kappa shape index (κ1) is 41.7. The summed E-state index contributed by atoms with van der Waals surface area (Å²) in [6.45, 7) is 22.3. The molecule has 16 heteroatoms. The molecule has 1 aromatic carbocycles. The quantitative estimate of drug-likeness (QED) is 0.243. The van der Waals surface area contributed by atoms with E-state index < -0.39 is 58.5 Å². The first-order valence-electron chi connectivity index (χ1n) is 18.5. The molecule has 3 aromatic rings. The second-order valence-electron chi connectivity index (χ2n) is 17.7. The second kappa shape index (κ2) is 15.3. The van der Waals surface area contributed by atoms with E-state index in [4.69, 9.17) is 23.7 Å². The molecule has 0 aliphatic carbocycles. The molecule has 0 spiro atoms. The van der Waals surface area contributed by atoms with Gasteiger partial charge < -0.3 is 28.6 Å². The summed E-state index contributed by atoms with van der Waals surface area (Å²) < 4.78 is 45.0. The molecular weight excluding hydrogens is 727 g/mol. The summed E-state index contributed by atoms with van der Waals surface area (Å²) in [6.07, 6.45) is -0.0988. The molecule has 2 aliphatic heterocycles. The zero-order chi connectivity index (χ0) is 41.5. The predicted octanol–water partition coefficient (Wildman–Crippen LogP) is 8.81. The lowest BCUT2D eigenvalue weighted by molar-refractivity contribution is -0.0414. The van der Waals surface area contributed by atoms with Crippen LogP contribution >= 0.6 is 0 Å². The number of aromatic nitrogens is 2. The van der Waals surface area contributed by atoms with Crippen molar-refractivity contribution in [2.45, 2.75) is 112 Å².